The standard InChI is InChI=1S/C18H14FN5S.C2H6/c1-10-3-2-4-11(7-10)22-14-9-25-16-15(14)23-18(24-17(16)20)12-5-6-21-8-13(12)19;1-2/h2-9,22H,1H3,(H2,20,23,24);1-2H3. The number of nitrogens with two attached hydrogens (primary N) is 1. The highest BCUT2D eigenvalue weighted by Crippen LogP contribution is 2.35. The lowest BCUT2D eigenvalue weighted by molar-refractivity contribution is 0.624. The highest BCUT2D eigenvalue weighted by Gasteiger charge is 2.15. The molecule has 0 saturated heterocycles. The van der Waals surface area contributed by atoms with Gasteiger partial charge in [-0.05, 0) is 30.7 Å². The first-order valence-corrected chi connectivity index (χ1v) is 9.48. The summed E-state index contributed by atoms with van der Waals surface area (Å²) < 4.78 is 14.8. The van der Waals surface area contributed by atoms with Gasteiger partial charge in [-0.15, -0.1) is 11.3 Å². The maximum absolute atomic E-state index is 14.0. The van der Waals surface area contributed by atoms with Crippen LogP contribution in [0.5, 0.6) is 0 Å². The fourth-order valence-corrected chi connectivity index (χ4v) is 3.42. The Morgan fingerprint density at radius 3 is 2.70 bits per heavy atom. The van der Waals surface area contributed by atoms with E-state index in [2.05, 4.69) is 20.3 Å². The third-order valence-corrected chi connectivity index (χ3v) is 4.74. The molecule has 0 amide bonds. The fraction of sp³-hybridized carbons (Fsp3) is 0.150. The van der Waals surface area contributed by atoms with E-state index in [1.54, 1.807) is 0 Å². The Labute approximate surface area is 161 Å². The summed E-state index contributed by atoms with van der Waals surface area (Å²) in [7, 11) is 0. The number of nitrogens with zero attached hydrogens (tertiary/aromatic N) is 3. The molecule has 3 N–H and O–H groups in total. The van der Waals surface area contributed by atoms with E-state index in [0.29, 0.717) is 11.3 Å². The van der Waals surface area contributed by atoms with Gasteiger partial charge in [0.1, 0.15) is 11.3 Å². The molecule has 0 spiro atoms. The summed E-state index contributed by atoms with van der Waals surface area (Å²) in [6.45, 7) is 6.03. The van der Waals surface area contributed by atoms with Crippen LogP contribution in [-0.2, 0) is 0 Å². The second-order valence-corrected chi connectivity index (χ2v) is 6.49. The Kier molecular flexibility index (Phi) is 5.61. The third-order valence-electron chi connectivity index (χ3n) is 3.75. The third kappa shape index (κ3) is 3.88. The number of benzene rings is 1. The van der Waals surface area contributed by atoms with Crippen molar-refractivity contribution in [2.24, 2.45) is 0 Å². The molecule has 3 heterocycles. The molecule has 0 radical (unpaired) electrons. The summed E-state index contributed by atoms with van der Waals surface area (Å²) in [4.78, 5) is 12.5. The van der Waals surface area contributed by atoms with Gasteiger partial charge in [-0.25, -0.2) is 14.4 Å². The predicted octanol–water partition coefficient (Wildman–Crippen LogP) is 5.55. The van der Waals surface area contributed by atoms with Crippen molar-refractivity contribution in [1.29, 1.82) is 0 Å². The zero-order chi connectivity index (χ0) is 19.4. The number of aromatic nitrogens is 3. The average Bonchev–Trinajstić information content (AvgIpc) is 3.07. The smallest absolute Gasteiger partial charge is 0.165 e. The average molecular weight is 381 g/mol. The number of aryl methyl sites for hydroxylation is 1. The molecule has 3 aromatic heterocycles. The second-order valence-electron chi connectivity index (χ2n) is 5.61. The number of hydrogen-bond donors (Lipinski definition) is 2. The SMILES string of the molecule is CC.Cc1cccc(Nc2csc3c(N)nc(-c4ccncc4F)nc23)c1. The van der Waals surface area contributed by atoms with E-state index in [4.69, 9.17) is 5.73 Å². The fourth-order valence-electron chi connectivity index (χ4n) is 2.58. The van der Waals surface area contributed by atoms with Gasteiger partial charge in [0.25, 0.3) is 0 Å². The molecule has 0 saturated carbocycles. The van der Waals surface area contributed by atoms with Crippen molar-refractivity contribution in [1.82, 2.24) is 15.0 Å². The van der Waals surface area contributed by atoms with Gasteiger partial charge >= 0.3 is 0 Å². The molecule has 0 unspecified atom stereocenters. The molecule has 7 heteroatoms. The lowest BCUT2D eigenvalue weighted by atomic mass is 10.2. The highest BCUT2D eigenvalue weighted by molar-refractivity contribution is 7.18. The van der Waals surface area contributed by atoms with Crippen molar-refractivity contribution in [3.8, 4) is 11.4 Å². The van der Waals surface area contributed by atoms with Crippen molar-refractivity contribution in [3.63, 3.8) is 0 Å². The molecule has 0 aliphatic carbocycles. The molecule has 27 heavy (non-hydrogen) atoms. The number of nitrogens with one attached hydrogen (secondary N) is 1. The van der Waals surface area contributed by atoms with Gasteiger partial charge < -0.3 is 11.1 Å². The van der Waals surface area contributed by atoms with E-state index in [0.717, 1.165) is 27.8 Å². The van der Waals surface area contributed by atoms with Crippen LogP contribution in [0.2, 0.25) is 0 Å². The summed E-state index contributed by atoms with van der Waals surface area (Å²) in [6, 6.07) is 9.56. The molecule has 5 nitrogen and oxygen atoms in total. The van der Waals surface area contributed by atoms with Crippen molar-refractivity contribution >= 4 is 38.7 Å². The Balaban J connectivity index is 0.00000102. The van der Waals surface area contributed by atoms with Gasteiger partial charge in [0.2, 0.25) is 0 Å². The summed E-state index contributed by atoms with van der Waals surface area (Å²) in [5.41, 5.74) is 9.93. The van der Waals surface area contributed by atoms with Crippen molar-refractivity contribution in [3.05, 3.63) is 59.5 Å². The van der Waals surface area contributed by atoms with Gasteiger partial charge in [-0.2, -0.15) is 0 Å². The monoisotopic (exact) mass is 381 g/mol. The second kappa shape index (κ2) is 8.09. The van der Waals surface area contributed by atoms with Crippen molar-refractivity contribution < 1.29 is 4.39 Å². The molecule has 138 valence electrons. The number of pyridine rings is 1. The normalized spacial score (nSPS) is 10.4. The summed E-state index contributed by atoms with van der Waals surface area (Å²) in [6.07, 6.45) is 2.64. The van der Waals surface area contributed by atoms with Crippen molar-refractivity contribution in [2.75, 3.05) is 11.1 Å². The van der Waals surface area contributed by atoms with E-state index in [1.807, 2.05) is 50.4 Å². The Morgan fingerprint density at radius 1 is 1.15 bits per heavy atom. The minimum Gasteiger partial charge on any atom is -0.382 e. The van der Waals surface area contributed by atoms with Crippen LogP contribution >= 0.6 is 11.3 Å². The van der Waals surface area contributed by atoms with Gasteiger partial charge in [-0.1, -0.05) is 26.0 Å². The maximum atomic E-state index is 14.0. The minimum atomic E-state index is -0.482. The first-order chi connectivity index (χ1) is 13.1. The maximum Gasteiger partial charge on any atom is 0.165 e. The molecular formula is C20H20FN5S. The summed E-state index contributed by atoms with van der Waals surface area (Å²) >= 11 is 1.45. The Bertz CT molecular complexity index is 1080. The van der Waals surface area contributed by atoms with E-state index in [-0.39, 0.29) is 11.4 Å². The van der Waals surface area contributed by atoms with Gasteiger partial charge in [0.05, 0.1) is 22.1 Å². The summed E-state index contributed by atoms with van der Waals surface area (Å²) in [5, 5.41) is 5.28. The lowest BCUT2D eigenvalue weighted by Gasteiger charge is -2.07. The van der Waals surface area contributed by atoms with Gasteiger partial charge in [0, 0.05) is 17.3 Å². The Hall–Kier alpha value is -3.06. The number of rotatable bonds is 3. The number of fused-ring (bicyclic) bond motifs is 1. The zero-order valence-electron chi connectivity index (χ0n) is 15.3. The lowest BCUT2D eigenvalue weighted by Crippen LogP contribution is -1.99. The molecule has 1 aromatic carbocycles. The number of anilines is 3. The highest BCUT2D eigenvalue weighted by atomic mass is 32.1. The van der Waals surface area contributed by atoms with Crippen LogP contribution in [0.1, 0.15) is 19.4 Å². The quantitative estimate of drug-likeness (QED) is 0.486. The molecule has 0 fully saturated rings. The van der Waals surface area contributed by atoms with E-state index < -0.39 is 5.82 Å². The zero-order valence-corrected chi connectivity index (χ0v) is 16.1. The van der Waals surface area contributed by atoms with Crippen LogP contribution in [0.15, 0.2) is 48.1 Å². The molecule has 0 atom stereocenters. The first-order valence-electron chi connectivity index (χ1n) is 8.60. The van der Waals surface area contributed by atoms with Crippen LogP contribution in [-0.4, -0.2) is 15.0 Å². The van der Waals surface area contributed by atoms with Crippen LogP contribution in [0.25, 0.3) is 21.6 Å². The van der Waals surface area contributed by atoms with E-state index >= 15 is 0 Å². The Morgan fingerprint density at radius 2 is 1.96 bits per heavy atom. The largest absolute Gasteiger partial charge is 0.382 e. The molecule has 0 aliphatic rings. The number of hydrogen-bond acceptors (Lipinski definition) is 6. The predicted molar refractivity (Wildman–Crippen MR) is 111 cm³/mol. The first kappa shape index (κ1) is 18.7. The molecular weight excluding hydrogens is 361 g/mol. The summed E-state index contributed by atoms with van der Waals surface area (Å²) in [5.74, 6) is 0.0961. The topological polar surface area (TPSA) is 76.7 Å². The van der Waals surface area contributed by atoms with Crippen LogP contribution in [0.4, 0.5) is 21.6 Å². The molecule has 0 aliphatic heterocycles. The molecule has 4 rings (SSSR count). The van der Waals surface area contributed by atoms with Gasteiger partial charge in [-0.3, -0.25) is 4.98 Å². The van der Waals surface area contributed by atoms with E-state index in [1.165, 1.54) is 23.6 Å². The minimum absolute atomic E-state index is 0.246. The van der Waals surface area contributed by atoms with E-state index in [9.17, 15) is 4.39 Å². The number of halogens is 1. The molecule has 0 bridgehead atoms. The molecule has 4 aromatic rings. The van der Waals surface area contributed by atoms with Crippen LogP contribution in [0.3, 0.4) is 0 Å². The number of nitrogen functional groups attached to an aromatic ring is 1. The van der Waals surface area contributed by atoms with Gasteiger partial charge in [0.15, 0.2) is 11.6 Å². The van der Waals surface area contributed by atoms with Crippen molar-refractivity contribution in [2.45, 2.75) is 20.8 Å². The number of thiophene rings is 1. The van der Waals surface area contributed by atoms with Crippen LogP contribution < -0.4 is 11.1 Å². The van der Waals surface area contributed by atoms with Crippen LogP contribution in [0, 0.1) is 12.7 Å².